The first kappa shape index (κ1) is 16.4. The number of hydrogen-bond donors (Lipinski definition) is 3. The Morgan fingerprint density at radius 2 is 1.80 bits per heavy atom. The Balaban J connectivity index is 1.75. The summed E-state index contributed by atoms with van der Waals surface area (Å²) < 4.78 is 0. The van der Waals surface area contributed by atoms with Gasteiger partial charge in [-0.3, -0.25) is 19.7 Å². The predicted octanol–water partition coefficient (Wildman–Crippen LogP) is 2.32. The summed E-state index contributed by atoms with van der Waals surface area (Å²) in [5.41, 5.74) is 6.15. The number of nitrogens with one attached hydrogen (secondary N) is 2. The number of carbonyl (C=O) groups is 2. The molecule has 1 fully saturated rings. The Hall–Kier alpha value is -3.42. The smallest absolute Gasteiger partial charge is 0.292 e. The van der Waals surface area contributed by atoms with E-state index in [1.54, 1.807) is 24.3 Å². The molecule has 8 heteroatoms. The van der Waals surface area contributed by atoms with Gasteiger partial charge in [-0.15, -0.1) is 0 Å². The number of anilines is 2. The number of nitrogens with two attached hydrogens (primary N) is 1. The molecule has 25 heavy (non-hydrogen) atoms. The van der Waals surface area contributed by atoms with E-state index in [0.717, 1.165) is 18.9 Å². The van der Waals surface area contributed by atoms with Crippen LogP contribution in [0.25, 0.3) is 0 Å². The van der Waals surface area contributed by atoms with Crippen molar-refractivity contribution in [1.82, 2.24) is 5.32 Å². The van der Waals surface area contributed by atoms with Crippen LogP contribution in [0.5, 0.6) is 0 Å². The number of nitrogens with zero attached hydrogens (tertiary/aromatic N) is 1. The molecule has 2 aromatic carbocycles. The minimum atomic E-state index is -0.644. The van der Waals surface area contributed by atoms with Crippen LogP contribution in [-0.4, -0.2) is 22.8 Å². The first-order valence-corrected chi connectivity index (χ1v) is 7.70. The summed E-state index contributed by atoms with van der Waals surface area (Å²) in [4.78, 5) is 34.6. The fraction of sp³-hybridized carbons (Fsp3) is 0.176. The van der Waals surface area contributed by atoms with Gasteiger partial charge in [0.2, 0.25) is 0 Å². The second-order valence-electron chi connectivity index (χ2n) is 5.81. The van der Waals surface area contributed by atoms with Gasteiger partial charge >= 0.3 is 0 Å². The molecule has 0 radical (unpaired) electrons. The van der Waals surface area contributed by atoms with E-state index in [4.69, 9.17) is 5.73 Å². The second-order valence-corrected chi connectivity index (χ2v) is 5.81. The molecule has 4 N–H and O–H groups in total. The molecule has 0 aliphatic heterocycles. The minimum absolute atomic E-state index is 0.0136. The highest BCUT2D eigenvalue weighted by atomic mass is 16.6. The summed E-state index contributed by atoms with van der Waals surface area (Å²) in [7, 11) is 0. The van der Waals surface area contributed by atoms with E-state index in [2.05, 4.69) is 10.6 Å². The van der Waals surface area contributed by atoms with Crippen LogP contribution in [0.1, 0.15) is 33.6 Å². The Morgan fingerprint density at radius 3 is 2.48 bits per heavy atom. The predicted molar refractivity (Wildman–Crippen MR) is 92.4 cm³/mol. The van der Waals surface area contributed by atoms with Gasteiger partial charge in [-0.2, -0.15) is 0 Å². The van der Waals surface area contributed by atoms with Gasteiger partial charge in [-0.05, 0) is 43.2 Å². The normalized spacial score (nSPS) is 13.1. The van der Waals surface area contributed by atoms with Crippen molar-refractivity contribution in [2.24, 2.45) is 0 Å². The lowest BCUT2D eigenvalue weighted by molar-refractivity contribution is -0.383. The fourth-order valence-corrected chi connectivity index (χ4v) is 2.28. The van der Waals surface area contributed by atoms with E-state index in [-0.39, 0.29) is 28.9 Å². The van der Waals surface area contributed by atoms with Crippen LogP contribution in [0.3, 0.4) is 0 Å². The third kappa shape index (κ3) is 3.92. The van der Waals surface area contributed by atoms with Crippen molar-refractivity contribution in [3.63, 3.8) is 0 Å². The summed E-state index contributed by atoms with van der Waals surface area (Å²) in [6, 6.07) is 10.6. The van der Waals surface area contributed by atoms with Gasteiger partial charge < -0.3 is 16.4 Å². The van der Waals surface area contributed by atoms with Crippen LogP contribution in [0.2, 0.25) is 0 Å². The largest absolute Gasteiger partial charge is 0.393 e. The SMILES string of the molecule is Nc1ccc(C(=O)Nc2cccc(C(=O)NC3CC3)c2)cc1[N+](=O)[O-]. The van der Waals surface area contributed by atoms with E-state index in [0.29, 0.717) is 11.3 Å². The van der Waals surface area contributed by atoms with Gasteiger partial charge in [0, 0.05) is 28.9 Å². The number of benzene rings is 2. The van der Waals surface area contributed by atoms with E-state index in [1.165, 1.54) is 12.1 Å². The molecular formula is C17H16N4O4. The molecule has 1 saturated carbocycles. The van der Waals surface area contributed by atoms with Gasteiger partial charge in [0.1, 0.15) is 5.69 Å². The zero-order chi connectivity index (χ0) is 18.0. The topological polar surface area (TPSA) is 127 Å². The number of nitrogen functional groups attached to an aromatic ring is 1. The molecule has 0 unspecified atom stereocenters. The quantitative estimate of drug-likeness (QED) is 0.437. The van der Waals surface area contributed by atoms with E-state index in [9.17, 15) is 19.7 Å². The Morgan fingerprint density at radius 1 is 1.08 bits per heavy atom. The summed E-state index contributed by atoms with van der Waals surface area (Å²) in [6.07, 6.45) is 1.97. The van der Waals surface area contributed by atoms with Gasteiger partial charge in [0.05, 0.1) is 4.92 Å². The van der Waals surface area contributed by atoms with Crippen molar-refractivity contribution < 1.29 is 14.5 Å². The van der Waals surface area contributed by atoms with E-state index >= 15 is 0 Å². The van der Waals surface area contributed by atoms with E-state index in [1.807, 2.05) is 0 Å². The van der Waals surface area contributed by atoms with Gasteiger partial charge in [0.25, 0.3) is 17.5 Å². The Kier molecular flexibility index (Phi) is 4.34. The van der Waals surface area contributed by atoms with Gasteiger partial charge in [0.15, 0.2) is 0 Å². The minimum Gasteiger partial charge on any atom is -0.393 e. The highest BCUT2D eigenvalue weighted by Crippen LogP contribution is 2.23. The van der Waals surface area contributed by atoms with Crippen LogP contribution < -0.4 is 16.4 Å². The molecule has 0 atom stereocenters. The molecule has 2 amide bonds. The fourth-order valence-electron chi connectivity index (χ4n) is 2.28. The van der Waals surface area contributed by atoms with Gasteiger partial charge in [-0.25, -0.2) is 0 Å². The average Bonchev–Trinajstić information content (AvgIpc) is 3.39. The molecule has 0 spiro atoms. The zero-order valence-corrected chi connectivity index (χ0v) is 13.2. The molecule has 0 aromatic heterocycles. The number of amides is 2. The molecule has 8 nitrogen and oxygen atoms in total. The third-order valence-corrected chi connectivity index (χ3v) is 3.78. The summed E-state index contributed by atoms with van der Waals surface area (Å²) in [6.45, 7) is 0. The van der Waals surface area contributed by atoms with Gasteiger partial charge in [-0.1, -0.05) is 6.07 Å². The lowest BCUT2D eigenvalue weighted by atomic mass is 10.1. The van der Waals surface area contributed by atoms with Crippen LogP contribution in [0.4, 0.5) is 17.1 Å². The van der Waals surface area contributed by atoms with Crippen LogP contribution in [0.15, 0.2) is 42.5 Å². The number of rotatable bonds is 5. The van der Waals surface area contributed by atoms with Crippen LogP contribution in [0, 0.1) is 10.1 Å². The molecule has 1 aliphatic carbocycles. The molecule has 2 aromatic rings. The maximum Gasteiger partial charge on any atom is 0.292 e. The lowest BCUT2D eigenvalue weighted by Crippen LogP contribution is -2.25. The molecule has 0 bridgehead atoms. The number of nitro groups is 1. The molecule has 0 heterocycles. The van der Waals surface area contributed by atoms with Crippen molar-refractivity contribution in [3.05, 3.63) is 63.7 Å². The molecule has 128 valence electrons. The monoisotopic (exact) mass is 340 g/mol. The maximum absolute atomic E-state index is 12.3. The first-order valence-electron chi connectivity index (χ1n) is 7.70. The number of hydrogen-bond acceptors (Lipinski definition) is 5. The number of nitro benzene ring substituents is 1. The zero-order valence-electron chi connectivity index (χ0n) is 13.2. The molecule has 0 saturated heterocycles. The van der Waals surface area contributed by atoms with Crippen molar-refractivity contribution in [3.8, 4) is 0 Å². The van der Waals surface area contributed by atoms with Crippen molar-refractivity contribution >= 4 is 28.9 Å². The standard InChI is InChI=1S/C17H16N4O4/c18-14-7-4-11(9-15(14)21(24)25)17(23)20-13-3-1-2-10(8-13)16(22)19-12-5-6-12/h1-4,7-9,12H,5-6,18H2,(H,19,22)(H,20,23). The highest BCUT2D eigenvalue weighted by Gasteiger charge is 2.24. The summed E-state index contributed by atoms with van der Waals surface area (Å²) >= 11 is 0. The van der Waals surface area contributed by atoms with Crippen LogP contribution in [-0.2, 0) is 0 Å². The molecule has 3 rings (SSSR count). The Bertz CT molecular complexity index is 861. The lowest BCUT2D eigenvalue weighted by Gasteiger charge is -2.08. The second kappa shape index (κ2) is 6.60. The van der Waals surface area contributed by atoms with Crippen molar-refractivity contribution in [2.45, 2.75) is 18.9 Å². The summed E-state index contributed by atoms with van der Waals surface area (Å²) in [5, 5.41) is 16.4. The third-order valence-electron chi connectivity index (χ3n) is 3.78. The van der Waals surface area contributed by atoms with E-state index < -0.39 is 10.8 Å². The first-order chi connectivity index (χ1) is 11.9. The van der Waals surface area contributed by atoms with Crippen molar-refractivity contribution in [1.29, 1.82) is 0 Å². The Labute approximate surface area is 143 Å². The maximum atomic E-state index is 12.3. The van der Waals surface area contributed by atoms with Crippen LogP contribution >= 0.6 is 0 Å². The molecule has 1 aliphatic rings. The number of carbonyl (C=O) groups excluding carboxylic acids is 2. The highest BCUT2D eigenvalue weighted by molar-refractivity contribution is 6.05. The van der Waals surface area contributed by atoms with Crippen molar-refractivity contribution in [2.75, 3.05) is 11.1 Å². The molecular weight excluding hydrogens is 324 g/mol. The average molecular weight is 340 g/mol. The summed E-state index contributed by atoms with van der Waals surface area (Å²) in [5.74, 6) is -0.718.